The number of carbonyl (C=O) groups is 1. The summed E-state index contributed by atoms with van der Waals surface area (Å²) in [4.78, 5) is 10.8. The van der Waals surface area contributed by atoms with Gasteiger partial charge in [0.25, 0.3) is 0 Å². The average Bonchev–Trinajstić information content (AvgIpc) is 2.30. The molecule has 0 radical (unpaired) electrons. The summed E-state index contributed by atoms with van der Waals surface area (Å²) in [5, 5.41) is 5.73. The Morgan fingerprint density at radius 1 is 1.64 bits per heavy atom. The Bertz CT molecular complexity index is 331. The van der Waals surface area contributed by atoms with E-state index < -0.39 is 18.5 Å². The molecule has 0 aliphatic heterocycles. The quantitative estimate of drug-likeness (QED) is 0.794. The second kappa shape index (κ2) is 3.69. The van der Waals surface area contributed by atoms with E-state index in [0.29, 0.717) is 0 Å². The van der Waals surface area contributed by atoms with Gasteiger partial charge in [0.05, 0.1) is 0 Å². The van der Waals surface area contributed by atoms with E-state index in [1.165, 1.54) is 16.9 Å². The van der Waals surface area contributed by atoms with Crippen molar-refractivity contribution in [1.29, 1.82) is 0 Å². The normalized spacial score (nSPS) is 11.4. The summed E-state index contributed by atoms with van der Waals surface area (Å²) in [7, 11) is 1.60. The second-order valence-electron chi connectivity index (χ2n) is 2.71. The molecule has 0 aliphatic carbocycles. The van der Waals surface area contributed by atoms with Crippen LogP contribution in [-0.4, -0.2) is 21.9 Å². The van der Waals surface area contributed by atoms with Crippen molar-refractivity contribution in [3.8, 4) is 0 Å². The molecular weight excluding hydrogens is 199 g/mol. The standard InChI is InChI=1S/C7H8F3N3O/c1-13-3-2-5(12-13)11-6(14)4-7(8,9)10/h2-3H,4H2,1H3,(H,11,12,14). The zero-order chi connectivity index (χ0) is 10.8. The van der Waals surface area contributed by atoms with E-state index in [1.807, 2.05) is 5.32 Å². The second-order valence-corrected chi connectivity index (χ2v) is 2.71. The van der Waals surface area contributed by atoms with E-state index in [-0.39, 0.29) is 5.82 Å². The third kappa shape index (κ3) is 3.46. The molecule has 0 fully saturated rings. The number of nitrogens with one attached hydrogen (secondary N) is 1. The topological polar surface area (TPSA) is 46.9 Å². The third-order valence-electron chi connectivity index (χ3n) is 1.34. The van der Waals surface area contributed by atoms with Gasteiger partial charge in [-0.25, -0.2) is 0 Å². The van der Waals surface area contributed by atoms with Gasteiger partial charge in [0.2, 0.25) is 5.91 Å². The molecule has 1 aromatic heterocycles. The monoisotopic (exact) mass is 207 g/mol. The predicted molar refractivity (Wildman–Crippen MR) is 42.5 cm³/mol. The maximum absolute atomic E-state index is 11.7. The zero-order valence-corrected chi connectivity index (χ0v) is 7.30. The minimum absolute atomic E-state index is 0.113. The lowest BCUT2D eigenvalue weighted by molar-refractivity contribution is -0.150. The Morgan fingerprint density at radius 3 is 2.71 bits per heavy atom. The number of hydrogen-bond acceptors (Lipinski definition) is 2. The number of aromatic nitrogens is 2. The Labute approximate surface area is 77.7 Å². The number of rotatable bonds is 2. The number of nitrogens with zero attached hydrogens (tertiary/aromatic N) is 2. The molecular formula is C7H8F3N3O. The van der Waals surface area contributed by atoms with E-state index in [9.17, 15) is 18.0 Å². The van der Waals surface area contributed by atoms with Crippen LogP contribution in [0.2, 0.25) is 0 Å². The van der Waals surface area contributed by atoms with Crippen LogP contribution in [0.15, 0.2) is 12.3 Å². The lowest BCUT2D eigenvalue weighted by atomic mass is 10.4. The van der Waals surface area contributed by atoms with Crippen LogP contribution in [0.4, 0.5) is 19.0 Å². The van der Waals surface area contributed by atoms with Gasteiger partial charge >= 0.3 is 6.18 Å². The van der Waals surface area contributed by atoms with Gasteiger partial charge in [-0.05, 0) is 0 Å². The van der Waals surface area contributed by atoms with Crippen molar-refractivity contribution in [1.82, 2.24) is 9.78 Å². The highest BCUT2D eigenvalue weighted by Gasteiger charge is 2.31. The number of hydrogen-bond donors (Lipinski definition) is 1. The number of alkyl halides is 3. The number of amides is 1. The first-order chi connectivity index (χ1) is 6.37. The van der Waals surface area contributed by atoms with Crippen LogP contribution >= 0.6 is 0 Å². The highest BCUT2D eigenvalue weighted by atomic mass is 19.4. The Hall–Kier alpha value is -1.53. The molecule has 0 saturated heterocycles. The lowest BCUT2D eigenvalue weighted by Gasteiger charge is -2.04. The van der Waals surface area contributed by atoms with Crippen LogP contribution in [0, 0.1) is 0 Å². The molecule has 78 valence electrons. The zero-order valence-electron chi connectivity index (χ0n) is 7.30. The lowest BCUT2D eigenvalue weighted by Crippen LogP contribution is -2.21. The van der Waals surface area contributed by atoms with Gasteiger partial charge in [-0.15, -0.1) is 0 Å². The van der Waals surface area contributed by atoms with Crippen molar-refractivity contribution in [2.45, 2.75) is 12.6 Å². The van der Waals surface area contributed by atoms with Gasteiger partial charge in [0, 0.05) is 19.3 Å². The number of aryl methyl sites for hydroxylation is 1. The van der Waals surface area contributed by atoms with Crippen LogP contribution in [0.1, 0.15) is 6.42 Å². The molecule has 0 aliphatic rings. The molecule has 14 heavy (non-hydrogen) atoms. The summed E-state index contributed by atoms with van der Waals surface area (Å²) < 4.78 is 36.6. The fraction of sp³-hybridized carbons (Fsp3) is 0.429. The van der Waals surface area contributed by atoms with E-state index in [4.69, 9.17) is 0 Å². The fourth-order valence-corrected chi connectivity index (χ4v) is 0.851. The molecule has 4 nitrogen and oxygen atoms in total. The van der Waals surface area contributed by atoms with Gasteiger partial charge in [-0.3, -0.25) is 9.48 Å². The van der Waals surface area contributed by atoms with Crippen molar-refractivity contribution in [3.63, 3.8) is 0 Å². The summed E-state index contributed by atoms with van der Waals surface area (Å²) in [6.45, 7) is 0. The molecule has 7 heteroatoms. The number of halogens is 3. The highest BCUT2D eigenvalue weighted by molar-refractivity contribution is 5.90. The van der Waals surface area contributed by atoms with E-state index >= 15 is 0 Å². The van der Waals surface area contributed by atoms with Crippen molar-refractivity contribution in [2.24, 2.45) is 7.05 Å². The van der Waals surface area contributed by atoms with Gasteiger partial charge in [0.1, 0.15) is 6.42 Å². The maximum atomic E-state index is 11.7. The maximum Gasteiger partial charge on any atom is 0.397 e. The third-order valence-corrected chi connectivity index (χ3v) is 1.34. The number of carbonyl (C=O) groups excluding carboxylic acids is 1. The van der Waals surface area contributed by atoms with Crippen LogP contribution in [-0.2, 0) is 11.8 Å². The highest BCUT2D eigenvalue weighted by Crippen LogP contribution is 2.19. The Kier molecular flexibility index (Phi) is 2.78. The molecule has 1 N–H and O–H groups in total. The van der Waals surface area contributed by atoms with Gasteiger partial charge in [0.15, 0.2) is 5.82 Å². The van der Waals surface area contributed by atoms with Crippen LogP contribution < -0.4 is 5.32 Å². The Balaban J connectivity index is 2.50. The smallest absolute Gasteiger partial charge is 0.309 e. The summed E-state index contributed by atoms with van der Waals surface area (Å²) >= 11 is 0. The molecule has 1 aromatic rings. The summed E-state index contributed by atoms with van der Waals surface area (Å²) in [5.74, 6) is -1.00. The predicted octanol–water partition coefficient (Wildman–Crippen LogP) is 1.31. The van der Waals surface area contributed by atoms with Gasteiger partial charge < -0.3 is 5.32 Å². The molecule has 0 spiro atoms. The molecule has 1 rings (SSSR count). The molecule has 1 heterocycles. The summed E-state index contributed by atoms with van der Waals surface area (Å²) in [6.07, 6.45) is -4.47. The minimum Gasteiger partial charge on any atom is -0.309 e. The molecule has 0 aromatic carbocycles. The first-order valence-electron chi connectivity index (χ1n) is 3.73. The van der Waals surface area contributed by atoms with Crippen LogP contribution in [0.3, 0.4) is 0 Å². The first kappa shape index (κ1) is 10.6. The molecule has 0 saturated carbocycles. The fourth-order valence-electron chi connectivity index (χ4n) is 0.851. The first-order valence-corrected chi connectivity index (χ1v) is 3.73. The van der Waals surface area contributed by atoms with E-state index in [1.54, 1.807) is 7.05 Å². The largest absolute Gasteiger partial charge is 0.397 e. The van der Waals surface area contributed by atoms with Crippen LogP contribution in [0.5, 0.6) is 0 Å². The molecule has 0 atom stereocenters. The SMILES string of the molecule is Cn1ccc(NC(=O)CC(F)(F)F)n1. The summed E-state index contributed by atoms with van der Waals surface area (Å²) in [6, 6.07) is 1.41. The minimum atomic E-state index is -4.49. The summed E-state index contributed by atoms with van der Waals surface area (Å²) in [5.41, 5.74) is 0. The molecule has 0 unspecified atom stereocenters. The van der Waals surface area contributed by atoms with Crippen LogP contribution in [0.25, 0.3) is 0 Å². The van der Waals surface area contributed by atoms with Crippen molar-refractivity contribution in [3.05, 3.63) is 12.3 Å². The average molecular weight is 207 g/mol. The molecule has 1 amide bonds. The van der Waals surface area contributed by atoms with Crippen molar-refractivity contribution < 1.29 is 18.0 Å². The van der Waals surface area contributed by atoms with Gasteiger partial charge in [-0.1, -0.05) is 0 Å². The van der Waals surface area contributed by atoms with Crippen molar-refractivity contribution >= 4 is 11.7 Å². The van der Waals surface area contributed by atoms with E-state index in [2.05, 4.69) is 5.10 Å². The van der Waals surface area contributed by atoms with Gasteiger partial charge in [-0.2, -0.15) is 18.3 Å². The van der Waals surface area contributed by atoms with E-state index in [0.717, 1.165) is 0 Å². The Morgan fingerprint density at radius 2 is 2.29 bits per heavy atom. The number of anilines is 1. The molecule has 0 bridgehead atoms. The van der Waals surface area contributed by atoms with Crippen molar-refractivity contribution in [2.75, 3.05) is 5.32 Å².